The predicted octanol–water partition coefficient (Wildman–Crippen LogP) is 5.07. The van der Waals surface area contributed by atoms with E-state index in [9.17, 15) is 14.0 Å². The maximum absolute atomic E-state index is 13.3. The summed E-state index contributed by atoms with van der Waals surface area (Å²) >= 11 is 1.64. The zero-order valence-corrected chi connectivity index (χ0v) is 20.9. The van der Waals surface area contributed by atoms with Gasteiger partial charge in [0.1, 0.15) is 17.7 Å². The van der Waals surface area contributed by atoms with Crippen LogP contribution in [0, 0.1) is 5.82 Å². The van der Waals surface area contributed by atoms with Crippen LogP contribution in [0.3, 0.4) is 0 Å². The molecule has 1 N–H and O–H groups in total. The van der Waals surface area contributed by atoms with Gasteiger partial charge in [-0.05, 0) is 73.3 Å². The van der Waals surface area contributed by atoms with E-state index in [4.69, 9.17) is 9.47 Å². The molecule has 0 fully saturated rings. The Hall–Kier alpha value is -3.85. The normalized spacial score (nSPS) is 12.7. The second-order valence-corrected chi connectivity index (χ2v) is 9.08. The topological polar surface area (TPSA) is 82.4 Å². The van der Waals surface area contributed by atoms with Gasteiger partial charge in [0.15, 0.2) is 6.61 Å². The Morgan fingerprint density at radius 1 is 1.08 bits per heavy atom. The van der Waals surface area contributed by atoms with Gasteiger partial charge in [0, 0.05) is 17.2 Å². The summed E-state index contributed by atoms with van der Waals surface area (Å²) < 4.78 is 26.2. The lowest BCUT2D eigenvalue weighted by Gasteiger charge is -2.26. The number of fused-ring (bicyclic) bond motifs is 1. The first-order chi connectivity index (χ1) is 17.3. The summed E-state index contributed by atoms with van der Waals surface area (Å²) in [5.41, 5.74) is 2.48. The van der Waals surface area contributed by atoms with E-state index in [-0.39, 0.29) is 12.4 Å². The fraction of sp³-hybridized carbons (Fsp3) is 0.222. The van der Waals surface area contributed by atoms with E-state index in [2.05, 4.69) is 10.4 Å². The highest BCUT2D eigenvalue weighted by Gasteiger charge is 2.24. The molecule has 0 saturated heterocycles. The van der Waals surface area contributed by atoms with Crippen molar-refractivity contribution in [2.75, 3.05) is 12.9 Å². The fourth-order valence-corrected chi connectivity index (χ4v) is 4.22. The van der Waals surface area contributed by atoms with Gasteiger partial charge in [-0.1, -0.05) is 12.1 Å². The molecule has 0 aliphatic carbocycles. The number of nitrogens with one attached hydrogen (secondary N) is 1. The zero-order valence-electron chi connectivity index (χ0n) is 20.1. The van der Waals surface area contributed by atoms with Crippen LogP contribution in [-0.4, -0.2) is 40.6 Å². The predicted molar refractivity (Wildman–Crippen MR) is 137 cm³/mol. The van der Waals surface area contributed by atoms with Crippen LogP contribution in [0.25, 0.3) is 16.6 Å². The highest BCUT2D eigenvalue weighted by Crippen LogP contribution is 2.30. The third-order valence-electron chi connectivity index (χ3n) is 5.57. The summed E-state index contributed by atoms with van der Waals surface area (Å²) in [7, 11) is 0. The first kappa shape index (κ1) is 25.2. The summed E-state index contributed by atoms with van der Waals surface area (Å²) in [6, 6.07) is 19.2. The molecule has 2 atom stereocenters. The average molecular weight is 508 g/mol. The van der Waals surface area contributed by atoms with E-state index < -0.39 is 24.0 Å². The molecule has 2 unspecified atom stereocenters. The third-order valence-corrected chi connectivity index (χ3v) is 6.31. The molecule has 0 aliphatic rings. The van der Waals surface area contributed by atoms with Gasteiger partial charge < -0.3 is 14.8 Å². The summed E-state index contributed by atoms with van der Waals surface area (Å²) in [6.45, 7) is 2.74. The van der Waals surface area contributed by atoms with Gasteiger partial charge >= 0.3 is 5.97 Å². The average Bonchev–Trinajstić information content (AvgIpc) is 3.30. The van der Waals surface area contributed by atoms with E-state index in [0.717, 1.165) is 27.0 Å². The molecule has 9 heteroatoms. The molecule has 186 valence electrons. The highest BCUT2D eigenvalue weighted by atomic mass is 32.2. The molecule has 1 amide bonds. The van der Waals surface area contributed by atoms with Crippen molar-refractivity contribution in [1.82, 2.24) is 15.1 Å². The molecule has 0 bridgehead atoms. The van der Waals surface area contributed by atoms with Gasteiger partial charge in [-0.3, -0.25) is 9.59 Å². The number of halogens is 1. The lowest BCUT2D eigenvalue weighted by molar-refractivity contribution is -0.146. The van der Waals surface area contributed by atoms with Crippen molar-refractivity contribution in [1.29, 1.82) is 0 Å². The summed E-state index contributed by atoms with van der Waals surface area (Å²) in [5, 5.41) is 8.14. The van der Waals surface area contributed by atoms with E-state index in [0.29, 0.717) is 5.75 Å². The van der Waals surface area contributed by atoms with Gasteiger partial charge in [0.2, 0.25) is 0 Å². The zero-order chi connectivity index (χ0) is 25.7. The lowest BCUT2D eigenvalue weighted by atomic mass is 10.0. The minimum absolute atomic E-state index is 0.309. The number of hydrogen-bond donors (Lipinski definition) is 1. The van der Waals surface area contributed by atoms with Crippen molar-refractivity contribution in [2.24, 2.45) is 0 Å². The Labute approximate surface area is 212 Å². The van der Waals surface area contributed by atoms with Crippen LogP contribution in [0.4, 0.5) is 4.39 Å². The number of amides is 1. The molecule has 4 rings (SSSR count). The lowest BCUT2D eigenvalue weighted by Crippen LogP contribution is -2.41. The molecular formula is C27H26FN3O4S. The van der Waals surface area contributed by atoms with Gasteiger partial charge in [-0.2, -0.15) is 5.10 Å². The van der Waals surface area contributed by atoms with Crippen molar-refractivity contribution in [2.45, 2.75) is 30.9 Å². The number of thioether (sulfide) groups is 1. The minimum Gasteiger partial charge on any atom is -0.484 e. The quantitative estimate of drug-likeness (QED) is 0.252. The SMILES string of the molecule is CSc1ccc(C(Oc2ccc3c(cnn3-c3ccc(F)cc3)c2)C(C)NC(=O)COC(C)=O)cc1. The van der Waals surface area contributed by atoms with Crippen LogP contribution < -0.4 is 10.1 Å². The number of hydrogen-bond acceptors (Lipinski definition) is 6. The van der Waals surface area contributed by atoms with Crippen LogP contribution in [-0.2, 0) is 14.3 Å². The maximum atomic E-state index is 13.3. The monoisotopic (exact) mass is 507 g/mol. The Balaban J connectivity index is 1.59. The summed E-state index contributed by atoms with van der Waals surface area (Å²) in [6.07, 6.45) is 3.21. The number of ether oxygens (including phenoxy) is 2. The fourth-order valence-electron chi connectivity index (χ4n) is 3.81. The molecule has 36 heavy (non-hydrogen) atoms. The van der Waals surface area contributed by atoms with E-state index >= 15 is 0 Å². The van der Waals surface area contributed by atoms with Gasteiger partial charge in [-0.25, -0.2) is 9.07 Å². The van der Waals surface area contributed by atoms with Crippen molar-refractivity contribution in [3.63, 3.8) is 0 Å². The number of esters is 1. The van der Waals surface area contributed by atoms with Crippen molar-refractivity contribution >= 4 is 34.5 Å². The van der Waals surface area contributed by atoms with E-state index in [1.807, 2.05) is 55.6 Å². The number of nitrogens with zero attached hydrogens (tertiary/aromatic N) is 2. The number of benzene rings is 3. The molecule has 0 radical (unpaired) electrons. The number of rotatable bonds is 9. The van der Waals surface area contributed by atoms with Crippen molar-refractivity contribution < 1.29 is 23.5 Å². The van der Waals surface area contributed by atoms with Gasteiger partial charge in [0.05, 0.1) is 23.4 Å². The second-order valence-electron chi connectivity index (χ2n) is 8.20. The molecule has 7 nitrogen and oxygen atoms in total. The number of carbonyl (C=O) groups is 2. The Morgan fingerprint density at radius 2 is 1.81 bits per heavy atom. The second kappa shape index (κ2) is 11.3. The highest BCUT2D eigenvalue weighted by molar-refractivity contribution is 7.98. The molecular weight excluding hydrogens is 481 g/mol. The molecule has 0 aliphatic heterocycles. The van der Waals surface area contributed by atoms with Crippen LogP contribution in [0.2, 0.25) is 0 Å². The van der Waals surface area contributed by atoms with Crippen molar-refractivity contribution in [3.8, 4) is 11.4 Å². The molecule has 1 heterocycles. The van der Waals surface area contributed by atoms with Crippen LogP contribution in [0.5, 0.6) is 5.75 Å². The van der Waals surface area contributed by atoms with Crippen LogP contribution in [0.15, 0.2) is 77.8 Å². The Bertz CT molecular complexity index is 1360. The molecule has 0 spiro atoms. The number of carbonyl (C=O) groups excluding carboxylic acids is 2. The molecule has 4 aromatic rings. The Morgan fingerprint density at radius 3 is 2.47 bits per heavy atom. The first-order valence-corrected chi connectivity index (χ1v) is 12.5. The molecule has 1 aromatic heterocycles. The van der Waals surface area contributed by atoms with Gasteiger partial charge in [0.25, 0.3) is 5.91 Å². The van der Waals surface area contributed by atoms with Crippen LogP contribution >= 0.6 is 11.8 Å². The van der Waals surface area contributed by atoms with Crippen LogP contribution in [0.1, 0.15) is 25.5 Å². The third kappa shape index (κ3) is 6.04. The number of aromatic nitrogens is 2. The summed E-state index contributed by atoms with van der Waals surface area (Å²) in [5.74, 6) is -0.645. The van der Waals surface area contributed by atoms with E-state index in [1.54, 1.807) is 34.8 Å². The largest absolute Gasteiger partial charge is 0.484 e. The summed E-state index contributed by atoms with van der Waals surface area (Å²) in [4.78, 5) is 24.5. The van der Waals surface area contributed by atoms with Gasteiger partial charge in [-0.15, -0.1) is 11.8 Å². The maximum Gasteiger partial charge on any atom is 0.303 e. The smallest absolute Gasteiger partial charge is 0.303 e. The molecule has 3 aromatic carbocycles. The minimum atomic E-state index is -0.521. The standard InChI is InChI=1S/C27H26FN3O4S/c1-17(30-26(33)16-34-18(2)32)27(19-4-11-24(36-3)12-5-19)35-23-10-13-25-20(14-23)15-29-31(25)22-8-6-21(28)7-9-22/h4-15,17,27H,16H2,1-3H3,(H,30,33). The van der Waals surface area contributed by atoms with E-state index in [1.165, 1.54) is 19.1 Å². The first-order valence-electron chi connectivity index (χ1n) is 11.3. The molecule has 0 saturated carbocycles. The Kier molecular flexibility index (Phi) is 7.90. The van der Waals surface area contributed by atoms with Crippen molar-refractivity contribution in [3.05, 3.63) is 84.3 Å².